The highest BCUT2D eigenvalue weighted by Crippen LogP contribution is 2.21. The third-order valence-electron chi connectivity index (χ3n) is 4.64. The van der Waals surface area contributed by atoms with E-state index in [4.69, 9.17) is 4.74 Å². The van der Waals surface area contributed by atoms with E-state index in [1.165, 1.54) is 0 Å². The number of amides is 1. The zero-order valence-corrected chi connectivity index (χ0v) is 20.4. The Hall–Kier alpha value is -1.58. The third kappa shape index (κ3) is 10.1. The Balaban J connectivity index is 0.00000420. The van der Waals surface area contributed by atoms with Crippen molar-refractivity contribution in [1.82, 2.24) is 20.5 Å². The summed E-state index contributed by atoms with van der Waals surface area (Å²) in [6.45, 7) is 8.88. The van der Waals surface area contributed by atoms with Gasteiger partial charge in [0.15, 0.2) is 5.96 Å². The fourth-order valence-electron chi connectivity index (χ4n) is 3.26. The van der Waals surface area contributed by atoms with E-state index in [0.29, 0.717) is 5.92 Å². The van der Waals surface area contributed by atoms with E-state index < -0.39 is 5.60 Å². The highest BCUT2D eigenvalue weighted by Gasteiger charge is 2.27. The minimum atomic E-state index is -0.445. The maximum atomic E-state index is 12.3. The van der Waals surface area contributed by atoms with Gasteiger partial charge in [0.05, 0.1) is 0 Å². The number of nitrogens with zero attached hydrogens (tertiary/aromatic N) is 3. The second-order valence-electron chi connectivity index (χ2n) is 8.22. The molecule has 2 N–H and O–H groups in total. The average molecular weight is 517 g/mol. The fraction of sp³-hybridized carbons (Fsp3) is 0.667. The molecule has 1 saturated heterocycles. The van der Waals surface area contributed by atoms with Gasteiger partial charge in [0.2, 0.25) is 0 Å². The summed E-state index contributed by atoms with van der Waals surface area (Å²) in [6, 6.07) is 5.95. The number of ether oxygens (including phenoxy) is 1. The van der Waals surface area contributed by atoms with E-state index in [1.807, 2.05) is 50.1 Å². The van der Waals surface area contributed by atoms with Crippen molar-refractivity contribution in [1.29, 1.82) is 0 Å². The van der Waals surface area contributed by atoms with Crippen molar-refractivity contribution in [2.45, 2.75) is 52.1 Å². The second kappa shape index (κ2) is 12.9. The molecule has 1 amide bonds. The lowest BCUT2D eigenvalue weighted by atomic mass is 9.95. The number of nitrogens with one attached hydrogen (secondary N) is 2. The van der Waals surface area contributed by atoms with Crippen LogP contribution in [-0.4, -0.2) is 60.8 Å². The first-order chi connectivity index (χ1) is 13.4. The number of aliphatic imine (C=N–C) groups is 1. The van der Waals surface area contributed by atoms with E-state index in [0.717, 1.165) is 63.5 Å². The predicted molar refractivity (Wildman–Crippen MR) is 128 cm³/mol. The van der Waals surface area contributed by atoms with Crippen molar-refractivity contribution in [3.05, 3.63) is 30.1 Å². The summed E-state index contributed by atoms with van der Waals surface area (Å²) < 4.78 is 5.50. The highest BCUT2D eigenvalue weighted by atomic mass is 127. The molecule has 0 aliphatic carbocycles. The van der Waals surface area contributed by atoms with Crippen LogP contribution in [0.2, 0.25) is 0 Å². The summed E-state index contributed by atoms with van der Waals surface area (Å²) in [5.74, 6) is 1.29. The number of rotatable bonds is 6. The van der Waals surface area contributed by atoms with Crippen LogP contribution in [-0.2, 0) is 11.2 Å². The van der Waals surface area contributed by atoms with Crippen molar-refractivity contribution in [2.75, 3.05) is 33.2 Å². The number of guanidine groups is 1. The van der Waals surface area contributed by atoms with Crippen LogP contribution in [0.3, 0.4) is 0 Å². The molecular weight excluding hydrogens is 481 g/mol. The van der Waals surface area contributed by atoms with Crippen LogP contribution in [0.5, 0.6) is 0 Å². The molecule has 0 radical (unpaired) electrons. The number of pyridine rings is 1. The molecule has 0 bridgehead atoms. The molecule has 29 heavy (non-hydrogen) atoms. The fourth-order valence-corrected chi connectivity index (χ4v) is 3.26. The second-order valence-corrected chi connectivity index (χ2v) is 8.22. The lowest BCUT2D eigenvalue weighted by Gasteiger charge is -2.34. The van der Waals surface area contributed by atoms with E-state index in [1.54, 1.807) is 7.05 Å². The number of hydrogen-bond donors (Lipinski definition) is 2. The molecule has 1 atom stereocenters. The Bertz CT molecular complexity index is 634. The molecule has 164 valence electrons. The average Bonchev–Trinajstić information content (AvgIpc) is 2.66. The quantitative estimate of drug-likeness (QED) is 0.344. The van der Waals surface area contributed by atoms with Gasteiger partial charge in [-0.15, -0.1) is 24.0 Å². The van der Waals surface area contributed by atoms with E-state index in [2.05, 4.69) is 20.6 Å². The first kappa shape index (κ1) is 25.5. The minimum Gasteiger partial charge on any atom is -0.444 e. The van der Waals surface area contributed by atoms with E-state index in [-0.39, 0.29) is 30.1 Å². The van der Waals surface area contributed by atoms with Gasteiger partial charge in [-0.05, 0) is 58.1 Å². The summed E-state index contributed by atoms with van der Waals surface area (Å²) in [7, 11) is 1.78. The van der Waals surface area contributed by atoms with Crippen molar-refractivity contribution >= 4 is 36.0 Å². The molecule has 1 aliphatic heterocycles. The monoisotopic (exact) mass is 517 g/mol. The molecule has 1 aliphatic rings. The van der Waals surface area contributed by atoms with E-state index in [9.17, 15) is 4.79 Å². The molecule has 7 nitrogen and oxygen atoms in total. The van der Waals surface area contributed by atoms with Crippen molar-refractivity contribution in [3.8, 4) is 0 Å². The maximum Gasteiger partial charge on any atom is 0.410 e. The van der Waals surface area contributed by atoms with Gasteiger partial charge in [0.25, 0.3) is 0 Å². The first-order valence-electron chi connectivity index (χ1n) is 10.2. The minimum absolute atomic E-state index is 0. The zero-order chi connectivity index (χ0) is 20.4. The van der Waals surface area contributed by atoms with Crippen LogP contribution in [0.25, 0.3) is 0 Å². The lowest BCUT2D eigenvalue weighted by molar-refractivity contribution is 0.0162. The molecule has 0 aromatic carbocycles. The number of aromatic nitrogens is 1. The Morgan fingerprint density at radius 2 is 2.07 bits per heavy atom. The number of piperidine rings is 1. The number of carbonyl (C=O) groups excluding carboxylic acids is 1. The SMILES string of the molecule is CN=C(NCCc1ccccn1)NCCC1CCCN(C(=O)OC(C)(C)C)C1.I. The maximum absolute atomic E-state index is 12.3. The van der Waals surface area contributed by atoms with Crippen LogP contribution in [0, 0.1) is 5.92 Å². The molecule has 1 aromatic heterocycles. The Morgan fingerprint density at radius 1 is 1.31 bits per heavy atom. The summed E-state index contributed by atoms with van der Waals surface area (Å²) in [5, 5.41) is 6.69. The van der Waals surface area contributed by atoms with Gasteiger partial charge in [-0.2, -0.15) is 0 Å². The molecule has 8 heteroatoms. The molecule has 0 spiro atoms. The summed E-state index contributed by atoms with van der Waals surface area (Å²) >= 11 is 0. The zero-order valence-electron chi connectivity index (χ0n) is 18.1. The summed E-state index contributed by atoms with van der Waals surface area (Å²) in [5.41, 5.74) is 0.619. The van der Waals surface area contributed by atoms with Crippen LogP contribution >= 0.6 is 24.0 Å². The van der Waals surface area contributed by atoms with E-state index >= 15 is 0 Å². The molecule has 2 rings (SSSR count). The molecule has 2 heterocycles. The van der Waals surface area contributed by atoms with Crippen molar-refractivity contribution in [3.63, 3.8) is 0 Å². The summed E-state index contributed by atoms with van der Waals surface area (Å²) in [4.78, 5) is 22.7. The summed E-state index contributed by atoms with van der Waals surface area (Å²) in [6.07, 6.45) is 5.65. The third-order valence-corrected chi connectivity index (χ3v) is 4.64. The van der Waals surface area contributed by atoms with Crippen LogP contribution in [0.4, 0.5) is 4.79 Å². The Labute approximate surface area is 192 Å². The first-order valence-corrected chi connectivity index (χ1v) is 10.2. The molecule has 1 unspecified atom stereocenters. The number of hydrogen-bond acceptors (Lipinski definition) is 4. The smallest absolute Gasteiger partial charge is 0.410 e. The Kier molecular flexibility index (Phi) is 11.3. The molecule has 0 saturated carbocycles. The van der Waals surface area contributed by atoms with Gasteiger partial charge in [-0.1, -0.05) is 6.07 Å². The largest absolute Gasteiger partial charge is 0.444 e. The van der Waals surface area contributed by atoms with Gasteiger partial charge >= 0.3 is 6.09 Å². The lowest BCUT2D eigenvalue weighted by Crippen LogP contribution is -2.44. The molecule has 1 aromatic rings. The van der Waals surface area contributed by atoms with Crippen molar-refractivity contribution < 1.29 is 9.53 Å². The van der Waals surface area contributed by atoms with Gasteiger partial charge in [0, 0.05) is 51.5 Å². The van der Waals surface area contributed by atoms with Crippen molar-refractivity contribution in [2.24, 2.45) is 10.9 Å². The molecular formula is C21H36IN5O2. The van der Waals surface area contributed by atoms with Crippen LogP contribution < -0.4 is 10.6 Å². The van der Waals surface area contributed by atoms with Gasteiger partial charge in [-0.25, -0.2) is 4.79 Å². The number of halogens is 1. The normalized spacial score (nSPS) is 17.3. The van der Waals surface area contributed by atoms with Crippen LogP contribution in [0.15, 0.2) is 29.4 Å². The number of likely N-dealkylation sites (tertiary alicyclic amines) is 1. The highest BCUT2D eigenvalue weighted by molar-refractivity contribution is 14.0. The van der Waals surface area contributed by atoms with Gasteiger partial charge in [0.1, 0.15) is 5.60 Å². The Morgan fingerprint density at radius 3 is 2.72 bits per heavy atom. The standard InChI is InChI=1S/C21H35N5O2.HI/c1-21(2,3)28-20(27)26-15-7-8-17(16-26)10-13-24-19(22-4)25-14-11-18-9-5-6-12-23-18;/h5-6,9,12,17H,7-8,10-11,13-16H2,1-4H3,(H2,22,24,25);1H. The topological polar surface area (TPSA) is 78.9 Å². The number of carbonyl (C=O) groups is 1. The van der Waals surface area contributed by atoms with Gasteiger partial charge in [-0.3, -0.25) is 9.98 Å². The predicted octanol–water partition coefficient (Wildman–Crippen LogP) is 3.44. The molecule has 1 fully saturated rings. The van der Waals surface area contributed by atoms with Crippen LogP contribution in [0.1, 0.15) is 45.7 Å². The van der Waals surface area contributed by atoms with Gasteiger partial charge < -0.3 is 20.3 Å².